The van der Waals surface area contributed by atoms with Crippen LogP contribution in [0.4, 0.5) is 0 Å². The molecule has 0 radical (unpaired) electrons. The number of hydrogen-bond donors (Lipinski definition) is 0. The maximum Gasteiger partial charge on any atom is 0.258 e. The number of amidine groups is 1. The van der Waals surface area contributed by atoms with Crippen LogP contribution in [0.25, 0.3) is 0 Å². The summed E-state index contributed by atoms with van der Waals surface area (Å²) in [6.45, 7) is 7.20. The molecule has 0 aromatic heterocycles. The third-order valence-corrected chi connectivity index (χ3v) is 3.07. The normalized spacial score (nSPS) is 30.8. The van der Waals surface area contributed by atoms with Crippen LogP contribution in [0.5, 0.6) is 0 Å². The number of rotatable bonds is 2. The Morgan fingerprint density at radius 1 is 1.60 bits per heavy atom. The first kappa shape index (κ1) is 10.6. The molecule has 0 bridgehead atoms. The van der Waals surface area contributed by atoms with Gasteiger partial charge in [-0.3, -0.25) is 14.7 Å². The van der Waals surface area contributed by atoms with Gasteiger partial charge in [0.05, 0.1) is 6.61 Å². The molecular weight excluding hydrogens is 192 g/mol. The lowest BCUT2D eigenvalue weighted by Gasteiger charge is -2.24. The van der Waals surface area contributed by atoms with Crippen LogP contribution in [0.1, 0.15) is 33.6 Å². The molecule has 1 amide bonds. The monoisotopic (exact) mass is 210 g/mol. The fraction of sp³-hybridized carbons (Fsp3) is 0.818. The van der Waals surface area contributed by atoms with Gasteiger partial charge in [-0.2, -0.15) is 0 Å². The first-order valence-electron chi connectivity index (χ1n) is 5.61. The van der Waals surface area contributed by atoms with Gasteiger partial charge < -0.3 is 4.74 Å². The molecule has 15 heavy (non-hydrogen) atoms. The van der Waals surface area contributed by atoms with Gasteiger partial charge in [-0.05, 0) is 13.8 Å². The van der Waals surface area contributed by atoms with Crippen LogP contribution in [-0.4, -0.2) is 41.4 Å². The van der Waals surface area contributed by atoms with Gasteiger partial charge in [0.25, 0.3) is 5.91 Å². The first-order valence-corrected chi connectivity index (χ1v) is 5.61. The summed E-state index contributed by atoms with van der Waals surface area (Å²) in [5.41, 5.74) is -0.574. The second kappa shape index (κ2) is 3.59. The molecule has 0 aromatic rings. The lowest BCUT2D eigenvalue weighted by molar-refractivity contribution is -0.132. The highest BCUT2D eigenvalue weighted by molar-refractivity contribution is 6.08. The molecule has 2 aliphatic rings. The van der Waals surface area contributed by atoms with Crippen molar-refractivity contribution in [3.05, 3.63) is 0 Å². The van der Waals surface area contributed by atoms with Gasteiger partial charge in [0.15, 0.2) is 5.54 Å². The summed E-state index contributed by atoms with van der Waals surface area (Å²) < 4.78 is 5.32. The molecule has 2 heterocycles. The van der Waals surface area contributed by atoms with Crippen LogP contribution in [-0.2, 0) is 9.53 Å². The minimum atomic E-state index is -0.574. The predicted octanol–water partition coefficient (Wildman–Crippen LogP) is 1.20. The molecule has 0 saturated carbocycles. The number of carbonyl (C=O) groups is 1. The van der Waals surface area contributed by atoms with Gasteiger partial charge in [0.1, 0.15) is 5.84 Å². The summed E-state index contributed by atoms with van der Waals surface area (Å²) in [4.78, 5) is 18.7. The Labute approximate surface area is 90.3 Å². The summed E-state index contributed by atoms with van der Waals surface area (Å²) in [5, 5.41) is 0. The van der Waals surface area contributed by atoms with E-state index >= 15 is 0 Å². The topological polar surface area (TPSA) is 41.9 Å². The lowest BCUT2D eigenvalue weighted by atomic mass is 9.99. The predicted molar refractivity (Wildman–Crippen MR) is 57.9 cm³/mol. The minimum absolute atomic E-state index is 0.131. The Balaban J connectivity index is 2.32. The molecule has 4 heteroatoms. The highest BCUT2D eigenvalue weighted by Crippen LogP contribution is 2.32. The molecule has 1 unspecified atom stereocenters. The van der Waals surface area contributed by atoms with Crippen molar-refractivity contribution >= 4 is 11.7 Å². The molecule has 2 aliphatic heterocycles. The molecule has 0 aromatic carbocycles. The van der Waals surface area contributed by atoms with Crippen molar-refractivity contribution in [2.45, 2.75) is 45.2 Å². The van der Waals surface area contributed by atoms with Crippen LogP contribution in [0.2, 0.25) is 0 Å². The second-order valence-corrected chi connectivity index (χ2v) is 4.48. The largest absolute Gasteiger partial charge is 0.378 e. The Morgan fingerprint density at radius 2 is 2.33 bits per heavy atom. The first-order chi connectivity index (χ1) is 7.10. The van der Waals surface area contributed by atoms with Crippen molar-refractivity contribution in [3.8, 4) is 0 Å². The second-order valence-electron chi connectivity index (χ2n) is 4.48. The average molecular weight is 210 g/mol. The SMILES string of the molecule is CCC1=NC2(CCOC2)C(=O)N1C(C)C. The molecular formula is C11H18N2O2. The zero-order chi connectivity index (χ0) is 11.1. The van der Waals surface area contributed by atoms with Crippen LogP contribution in [0, 0.1) is 0 Å². The molecule has 1 fully saturated rings. The fourth-order valence-electron chi connectivity index (χ4n) is 2.28. The number of nitrogens with zero attached hydrogens (tertiary/aromatic N) is 2. The molecule has 0 N–H and O–H groups in total. The zero-order valence-electron chi connectivity index (χ0n) is 9.62. The van der Waals surface area contributed by atoms with Crippen molar-refractivity contribution in [3.63, 3.8) is 0 Å². The van der Waals surface area contributed by atoms with Gasteiger partial charge in [0, 0.05) is 25.5 Å². The summed E-state index contributed by atoms with van der Waals surface area (Å²) in [6.07, 6.45) is 1.55. The van der Waals surface area contributed by atoms with Gasteiger partial charge in [-0.25, -0.2) is 0 Å². The summed E-state index contributed by atoms with van der Waals surface area (Å²) in [6, 6.07) is 0.191. The van der Waals surface area contributed by atoms with Gasteiger partial charge in [0.2, 0.25) is 0 Å². The number of ether oxygens (including phenoxy) is 1. The highest BCUT2D eigenvalue weighted by Gasteiger charge is 2.50. The molecule has 1 saturated heterocycles. The summed E-state index contributed by atoms with van der Waals surface area (Å²) >= 11 is 0. The van der Waals surface area contributed by atoms with Crippen molar-refractivity contribution < 1.29 is 9.53 Å². The highest BCUT2D eigenvalue weighted by atomic mass is 16.5. The quantitative estimate of drug-likeness (QED) is 0.687. The number of carbonyl (C=O) groups excluding carboxylic acids is 1. The molecule has 2 rings (SSSR count). The Morgan fingerprint density at radius 3 is 2.73 bits per heavy atom. The molecule has 1 spiro atoms. The maximum absolute atomic E-state index is 12.3. The standard InChI is InChI=1S/C11H18N2O2/c1-4-9-12-11(5-6-15-7-11)10(14)13(9)8(2)3/h8H,4-7H2,1-3H3. The van der Waals surface area contributed by atoms with Crippen LogP contribution < -0.4 is 0 Å². The van der Waals surface area contributed by atoms with Crippen molar-refractivity contribution in [1.82, 2.24) is 4.90 Å². The van der Waals surface area contributed by atoms with E-state index in [0.29, 0.717) is 13.2 Å². The lowest BCUT2D eigenvalue weighted by Crippen LogP contribution is -2.46. The van der Waals surface area contributed by atoms with E-state index in [9.17, 15) is 4.79 Å². The van der Waals surface area contributed by atoms with Crippen molar-refractivity contribution in [2.24, 2.45) is 4.99 Å². The van der Waals surface area contributed by atoms with E-state index in [1.54, 1.807) is 0 Å². The molecule has 4 nitrogen and oxygen atoms in total. The Hall–Kier alpha value is -0.900. The van der Waals surface area contributed by atoms with E-state index in [1.165, 1.54) is 0 Å². The van der Waals surface area contributed by atoms with Crippen LogP contribution in [0.3, 0.4) is 0 Å². The maximum atomic E-state index is 12.3. The van der Waals surface area contributed by atoms with Gasteiger partial charge >= 0.3 is 0 Å². The van der Waals surface area contributed by atoms with E-state index in [0.717, 1.165) is 18.7 Å². The van der Waals surface area contributed by atoms with Crippen LogP contribution >= 0.6 is 0 Å². The van der Waals surface area contributed by atoms with Gasteiger partial charge in [-0.1, -0.05) is 6.92 Å². The van der Waals surface area contributed by atoms with Crippen molar-refractivity contribution in [2.75, 3.05) is 13.2 Å². The Bertz CT molecular complexity index is 304. The molecule has 0 aliphatic carbocycles. The summed E-state index contributed by atoms with van der Waals surface area (Å²) in [7, 11) is 0. The molecule has 1 atom stereocenters. The molecule has 84 valence electrons. The minimum Gasteiger partial charge on any atom is -0.378 e. The number of amides is 1. The van der Waals surface area contributed by atoms with Crippen molar-refractivity contribution in [1.29, 1.82) is 0 Å². The zero-order valence-corrected chi connectivity index (χ0v) is 9.62. The number of hydrogen-bond acceptors (Lipinski definition) is 3. The average Bonchev–Trinajstić information content (AvgIpc) is 2.75. The van der Waals surface area contributed by atoms with Gasteiger partial charge in [-0.15, -0.1) is 0 Å². The van der Waals surface area contributed by atoms with E-state index in [4.69, 9.17) is 4.74 Å². The van der Waals surface area contributed by atoms with Crippen LogP contribution in [0.15, 0.2) is 4.99 Å². The fourth-order valence-corrected chi connectivity index (χ4v) is 2.28. The third-order valence-electron chi connectivity index (χ3n) is 3.07. The van der Waals surface area contributed by atoms with E-state index in [2.05, 4.69) is 4.99 Å². The summed E-state index contributed by atoms with van der Waals surface area (Å²) in [5.74, 6) is 1.05. The van der Waals surface area contributed by atoms with E-state index in [-0.39, 0.29) is 11.9 Å². The van der Waals surface area contributed by atoms with E-state index in [1.807, 2.05) is 25.7 Å². The Kier molecular flexibility index (Phi) is 2.54. The smallest absolute Gasteiger partial charge is 0.258 e. The third kappa shape index (κ3) is 1.47. The van der Waals surface area contributed by atoms with E-state index < -0.39 is 5.54 Å². The number of aliphatic imine (C=N–C) groups is 1.